The van der Waals surface area contributed by atoms with E-state index in [1.54, 1.807) is 6.92 Å². The van der Waals surface area contributed by atoms with E-state index in [9.17, 15) is 9.59 Å². The molecule has 0 radical (unpaired) electrons. The van der Waals surface area contributed by atoms with Crippen LogP contribution in [0.4, 0.5) is 5.82 Å². The Balaban J connectivity index is 1.40. The minimum atomic E-state index is 0.138. The van der Waals surface area contributed by atoms with Gasteiger partial charge in [-0.15, -0.1) is 0 Å². The first kappa shape index (κ1) is 23.0. The molecule has 32 heavy (non-hydrogen) atoms. The number of aromatic nitrogens is 2. The topological polar surface area (TPSA) is 81.7 Å². The highest BCUT2D eigenvalue weighted by Gasteiger charge is 2.29. The number of anilines is 1. The SMILES string of the molecule is CNc1nc(C2CCN(C(C)=O)CC2)nc2c1CCN(C(=O)CC[C@H](C)N1CCCC1)C2. The van der Waals surface area contributed by atoms with Crippen molar-refractivity contribution in [3.8, 4) is 0 Å². The van der Waals surface area contributed by atoms with Gasteiger partial charge in [-0.3, -0.25) is 9.59 Å². The number of hydrogen-bond donors (Lipinski definition) is 1. The molecular weight excluding hydrogens is 404 g/mol. The van der Waals surface area contributed by atoms with Crippen LogP contribution in [-0.4, -0.2) is 82.3 Å². The summed E-state index contributed by atoms with van der Waals surface area (Å²) in [7, 11) is 1.90. The Labute approximate surface area is 191 Å². The number of carbonyl (C=O) groups is 2. The Morgan fingerprint density at radius 2 is 1.78 bits per heavy atom. The zero-order chi connectivity index (χ0) is 22.7. The fourth-order valence-electron chi connectivity index (χ4n) is 5.36. The zero-order valence-corrected chi connectivity index (χ0v) is 19.9. The van der Waals surface area contributed by atoms with Crippen LogP contribution in [0, 0.1) is 0 Å². The second-order valence-corrected chi connectivity index (χ2v) is 9.58. The van der Waals surface area contributed by atoms with Crippen LogP contribution in [0.1, 0.15) is 75.4 Å². The maximum absolute atomic E-state index is 13.0. The molecule has 4 heterocycles. The second kappa shape index (κ2) is 10.1. The lowest BCUT2D eigenvalue weighted by Crippen LogP contribution is -2.39. The van der Waals surface area contributed by atoms with Gasteiger partial charge in [0.15, 0.2) is 0 Å². The summed E-state index contributed by atoms with van der Waals surface area (Å²) in [5.74, 6) is 2.39. The van der Waals surface area contributed by atoms with E-state index >= 15 is 0 Å². The van der Waals surface area contributed by atoms with Crippen molar-refractivity contribution >= 4 is 17.6 Å². The van der Waals surface area contributed by atoms with Crippen molar-refractivity contribution in [1.29, 1.82) is 0 Å². The first-order chi connectivity index (χ1) is 15.5. The average molecular weight is 443 g/mol. The van der Waals surface area contributed by atoms with E-state index in [1.807, 2.05) is 16.8 Å². The van der Waals surface area contributed by atoms with Crippen molar-refractivity contribution in [2.75, 3.05) is 45.1 Å². The van der Waals surface area contributed by atoms with Gasteiger partial charge in [0.25, 0.3) is 0 Å². The lowest BCUT2D eigenvalue weighted by atomic mass is 9.95. The highest BCUT2D eigenvalue weighted by molar-refractivity contribution is 5.76. The number of nitrogens with one attached hydrogen (secondary N) is 1. The van der Waals surface area contributed by atoms with Crippen molar-refractivity contribution in [2.45, 2.75) is 77.3 Å². The summed E-state index contributed by atoms with van der Waals surface area (Å²) in [6.07, 6.45) is 6.66. The number of amides is 2. The van der Waals surface area contributed by atoms with Gasteiger partial charge in [-0.25, -0.2) is 9.97 Å². The summed E-state index contributed by atoms with van der Waals surface area (Å²) >= 11 is 0. The van der Waals surface area contributed by atoms with E-state index in [4.69, 9.17) is 9.97 Å². The molecule has 1 N–H and O–H groups in total. The molecule has 2 fully saturated rings. The molecule has 1 atom stereocenters. The highest BCUT2D eigenvalue weighted by atomic mass is 16.2. The molecular formula is C24H38N6O2. The van der Waals surface area contributed by atoms with Crippen LogP contribution >= 0.6 is 0 Å². The van der Waals surface area contributed by atoms with Crippen molar-refractivity contribution in [1.82, 2.24) is 24.7 Å². The second-order valence-electron chi connectivity index (χ2n) is 9.58. The Morgan fingerprint density at radius 3 is 2.44 bits per heavy atom. The van der Waals surface area contributed by atoms with Crippen LogP contribution < -0.4 is 5.32 Å². The van der Waals surface area contributed by atoms with Crippen molar-refractivity contribution in [2.24, 2.45) is 0 Å². The van der Waals surface area contributed by atoms with Gasteiger partial charge in [-0.05, 0) is 58.5 Å². The molecule has 1 aromatic rings. The Bertz CT molecular complexity index is 830. The van der Waals surface area contributed by atoms with Crippen LogP contribution in [0.25, 0.3) is 0 Å². The standard InChI is InChI=1S/C24H38N6O2/c1-17(28-11-4-5-12-28)6-7-22(32)30-15-10-20-21(16-30)26-23(27-24(20)25-3)19-8-13-29(14-9-19)18(2)31/h17,19H,4-16H2,1-3H3,(H,25,26,27)/t17-/m0/s1. The quantitative estimate of drug-likeness (QED) is 0.729. The van der Waals surface area contributed by atoms with Gasteiger partial charge >= 0.3 is 0 Å². The maximum atomic E-state index is 13.0. The minimum absolute atomic E-state index is 0.138. The van der Waals surface area contributed by atoms with Gasteiger partial charge in [0, 0.05) is 57.5 Å². The molecule has 8 heteroatoms. The highest BCUT2D eigenvalue weighted by Crippen LogP contribution is 2.30. The van der Waals surface area contributed by atoms with Gasteiger partial charge in [0.05, 0.1) is 12.2 Å². The third-order valence-corrected chi connectivity index (χ3v) is 7.52. The molecule has 0 bridgehead atoms. The molecule has 3 aliphatic rings. The summed E-state index contributed by atoms with van der Waals surface area (Å²) in [5, 5.41) is 3.25. The molecule has 0 saturated carbocycles. The Morgan fingerprint density at radius 1 is 1.06 bits per heavy atom. The third kappa shape index (κ3) is 5.05. The number of nitrogens with zero attached hydrogens (tertiary/aromatic N) is 5. The molecule has 2 amide bonds. The minimum Gasteiger partial charge on any atom is -0.373 e. The van der Waals surface area contributed by atoms with Gasteiger partial charge in [-0.2, -0.15) is 0 Å². The Kier molecular flexibility index (Phi) is 7.28. The average Bonchev–Trinajstić information content (AvgIpc) is 3.36. The van der Waals surface area contributed by atoms with E-state index in [-0.39, 0.29) is 17.7 Å². The Hall–Kier alpha value is -2.22. The first-order valence-corrected chi connectivity index (χ1v) is 12.3. The largest absolute Gasteiger partial charge is 0.373 e. The van der Waals surface area contributed by atoms with E-state index < -0.39 is 0 Å². The van der Waals surface area contributed by atoms with Gasteiger partial charge in [0.2, 0.25) is 11.8 Å². The van der Waals surface area contributed by atoms with Crippen molar-refractivity contribution in [3.05, 3.63) is 17.1 Å². The van der Waals surface area contributed by atoms with Crippen molar-refractivity contribution in [3.63, 3.8) is 0 Å². The van der Waals surface area contributed by atoms with Crippen LogP contribution in [0.2, 0.25) is 0 Å². The zero-order valence-electron chi connectivity index (χ0n) is 19.9. The van der Waals surface area contributed by atoms with Gasteiger partial charge < -0.3 is 20.0 Å². The first-order valence-electron chi connectivity index (χ1n) is 12.3. The lowest BCUT2D eigenvalue weighted by molar-refractivity contribution is -0.132. The number of piperidine rings is 1. The maximum Gasteiger partial charge on any atom is 0.222 e. The normalized spacial score (nSPS) is 20.8. The van der Waals surface area contributed by atoms with E-state index in [1.165, 1.54) is 25.9 Å². The van der Waals surface area contributed by atoms with Crippen molar-refractivity contribution < 1.29 is 9.59 Å². The van der Waals surface area contributed by atoms with Crippen LogP contribution in [0.3, 0.4) is 0 Å². The molecule has 0 spiro atoms. The molecule has 0 aromatic carbocycles. The molecule has 8 nitrogen and oxygen atoms in total. The summed E-state index contributed by atoms with van der Waals surface area (Å²) in [5.41, 5.74) is 2.13. The monoisotopic (exact) mass is 442 g/mol. The molecule has 176 valence electrons. The van der Waals surface area contributed by atoms with Gasteiger partial charge in [-0.1, -0.05) is 0 Å². The van der Waals surface area contributed by atoms with E-state index in [2.05, 4.69) is 17.1 Å². The molecule has 3 aliphatic heterocycles. The van der Waals surface area contributed by atoms with Crippen LogP contribution in [-0.2, 0) is 22.6 Å². The number of hydrogen-bond acceptors (Lipinski definition) is 6. The molecule has 4 rings (SSSR count). The van der Waals surface area contributed by atoms with Crippen LogP contribution in [0.15, 0.2) is 0 Å². The summed E-state index contributed by atoms with van der Waals surface area (Å²) in [6.45, 7) is 9.05. The predicted molar refractivity (Wildman–Crippen MR) is 124 cm³/mol. The van der Waals surface area contributed by atoms with Gasteiger partial charge in [0.1, 0.15) is 11.6 Å². The number of carbonyl (C=O) groups excluding carboxylic acids is 2. The van der Waals surface area contributed by atoms with Crippen LogP contribution in [0.5, 0.6) is 0 Å². The number of likely N-dealkylation sites (tertiary alicyclic amines) is 2. The molecule has 0 unspecified atom stereocenters. The summed E-state index contributed by atoms with van der Waals surface area (Å²) in [4.78, 5) is 40.8. The predicted octanol–water partition coefficient (Wildman–Crippen LogP) is 2.39. The number of fused-ring (bicyclic) bond motifs is 1. The van der Waals surface area contributed by atoms with E-state index in [0.29, 0.717) is 19.0 Å². The molecule has 0 aliphatic carbocycles. The smallest absolute Gasteiger partial charge is 0.222 e. The lowest BCUT2D eigenvalue weighted by Gasteiger charge is -2.33. The third-order valence-electron chi connectivity index (χ3n) is 7.52. The van der Waals surface area contributed by atoms with E-state index in [0.717, 1.165) is 68.2 Å². The fraction of sp³-hybridized carbons (Fsp3) is 0.750. The number of rotatable bonds is 6. The summed E-state index contributed by atoms with van der Waals surface area (Å²) in [6, 6.07) is 0.476. The summed E-state index contributed by atoms with van der Waals surface area (Å²) < 4.78 is 0. The molecule has 1 aromatic heterocycles. The molecule has 2 saturated heterocycles. The fourth-order valence-corrected chi connectivity index (χ4v) is 5.36.